The first-order valence-corrected chi connectivity index (χ1v) is 9.26. The molecule has 1 aromatic heterocycles. The highest BCUT2D eigenvalue weighted by Gasteiger charge is 2.45. The maximum absolute atomic E-state index is 12.6. The molecule has 2 fully saturated rings. The predicted molar refractivity (Wildman–Crippen MR) is 98.0 cm³/mol. The van der Waals surface area contributed by atoms with E-state index in [2.05, 4.69) is 10.4 Å². The second-order valence-electron chi connectivity index (χ2n) is 7.52. The van der Waals surface area contributed by atoms with Crippen LogP contribution in [0.2, 0.25) is 0 Å². The fraction of sp³-hybridized carbons (Fsp3) is 0.450. The molecular weight excluding hydrogens is 328 g/mol. The van der Waals surface area contributed by atoms with Gasteiger partial charge in [0.2, 0.25) is 5.91 Å². The van der Waals surface area contributed by atoms with Crippen LogP contribution < -0.4 is 5.32 Å². The smallest absolute Gasteiger partial charge is 0.251 e. The van der Waals surface area contributed by atoms with Crippen molar-refractivity contribution >= 4 is 11.8 Å². The Morgan fingerprint density at radius 1 is 1.12 bits per heavy atom. The second kappa shape index (κ2) is 6.59. The third kappa shape index (κ3) is 3.36. The number of rotatable bonds is 4. The maximum atomic E-state index is 12.6. The summed E-state index contributed by atoms with van der Waals surface area (Å²) >= 11 is 0. The summed E-state index contributed by atoms with van der Waals surface area (Å²) in [5.74, 6) is -0.212. The molecule has 6 nitrogen and oxygen atoms in total. The largest absolute Gasteiger partial charge is 0.341 e. The van der Waals surface area contributed by atoms with Crippen LogP contribution >= 0.6 is 0 Å². The highest BCUT2D eigenvalue weighted by atomic mass is 16.2. The van der Waals surface area contributed by atoms with Gasteiger partial charge in [-0.1, -0.05) is 0 Å². The van der Waals surface area contributed by atoms with Gasteiger partial charge >= 0.3 is 0 Å². The average Bonchev–Trinajstić information content (AvgIpc) is 3.20. The molecule has 4 rings (SSSR count). The minimum Gasteiger partial charge on any atom is -0.341 e. The van der Waals surface area contributed by atoms with Crippen molar-refractivity contribution in [1.82, 2.24) is 20.0 Å². The molecule has 0 radical (unpaired) electrons. The van der Waals surface area contributed by atoms with E-state index in [1.54, 1.807) is 29.9 Å². The van der Waals surface area contributed by atoms with Crippen molar-refractivity contribution in [1.29, 1.82) is 0 Å². The van der Waals surface area contributed by atoms with E-state index in [9.17, 15) is 9.59 Å². The van der Waals surface area contributed by atoms with Crippen LogP contribution in [0.4, 0.5) is 0 Å². The molecule has 26 heavy (non-hydrogen) atoms. The Bertz CT molecular complexity index is 784. The van der Waals surface area contributed by atoms with Gasteiger partial charge in [0.05, 0.1) is 5.69 Å². The van der Waals surface area contributed by atoms with Gasteiger partial charge in [-0.05, 0) is 68.4 Å². The van der Waals surface area contributed by atoms with Crippen molar-refractivity contribution in [2.75, 3.05) is 13.1 Å². The zero-order valence-corrected chi connectivity index (χ0v) is 15.0. The van der Waals surface area contributed by atoms with Gasteiger partial charge in [0, 0.05) is 31.0 Å². The van der Waals surface area contributed by atoms with E-state index >= 15 is 0 Å². The number of hydrogen-bond donors (Lipinski definition) is 1. The Balaban J connectivity index is 1.34. The third-order valence-electron chi connectivity index (χ3n) is 5.71. The van der Waals surface area contributed by atoms with E-state index in [4.69, 9.17) is 0 Å². The van der Waals surface area contributed by atoms with Crippen LogP contribution in [0.25, 0.3) is 5.69 Å². The third-order valence-corrected chi connectivity index (χ3v) is 5.71. The molecule has 1 aromatic carbocycles. The number of piperidine rings is 1. The second-order valence-corrected chi connectivity index (χ2v) is 7.52. The first-order chi connectivity index (χ1) is 12.6. The number of hydrogen-bond acceptors (Lipinski definition) is 3. The molecule has 2 aliphatic rings. The predicted octanol–water partition coefficient (Wildman–Crippen LogP) is 2.39. The molecule has 1 spiro atoms. The molecule has 1 N–H and O–H groups in total. The molecule has 1 saturated carbocycles. The molecule has 1 saturated heterocycles. The average molecular weight is 352 g/mol. The van der Waals surface area contributed by atoms with Crippen LogP contribution in [0.5, 0.6) is 0 Å². The zero-order chi connectivity index (χ0) is 18.1. The van der Waals surface area contributed by atoms with Crippen LogP contribution in [0.3, 0.4) is 0 Å². The number of aromatic nitrogens is 2. The number of nitrogens with zero attached hydrogens (tertiary/aromatic N) is 3. The summed E-state index contributed by atoms with van der Waals surface area (Å²) in [5.41, 5.74) is 1.97. The summed E-state index contributed by atoms with van der Waals surface area (Å²) in [5, 5.41) is 7.00. The number of benzene rings is 1. The van der Waals surface area contributed by atoms with Crippen molar-refractivity contribution in [2.24, 2.45) is 5.41 Å². The quantitative estimate of drug-likeness (QED) is 0.919. The van der Waals surface area contributed by atoms with E-state index in [0.29, 0.717) is 11.0 Å². The lowest BCUT2D eigenvalue weighted by atomic mass is 9.93. The summed E-state index contributed by atoms with van der Waals surface area (Å²) in [6, 6.07) is 8.52. The first kappa shape index (κ1) is 16.8. The summed E-state index contributed by atoms with van der Waals surface area (Å²) in [6.45, 7) is 3.40. The Hall–Kier alpha value is -2.63. The summed E-state index contributed by atoms with van der Waals surface area (Å²) in [6.07, 6.45) is 8.40. The number of carbonyl (C=O) groups excluding carboxylic acids is 2. The van der Waals surface area contributed by atoms with Crippen LogP contribution in [-0.2, 0) is 4.79 Å². The van der Waals surface area contributed by atoms with Crippen molar-refractivity contribution in [3.8, 4) is 5.69 Å². The number of carbonyl (C=O) groups is 2. The van der Waals surface area contributed by atoms with Gasteiger partial charge in [0.15, 0.2) is 0 Å². The topological polar surface area (TPSA) is 67.2 Å². The Kier molecular flexibility index (Phi) is 4.26. The Morgan fingerprint density at radius 2 is 1.81 bits per heavy atom. The molecule has 2 aromatic rings. The number of nitrogens with one attached hydrogen (secondary N) is 1. The Labute approximate surface area is 153 Å². The van der Waals surface area contributed by atoms with Crippen molar-refractivity contribution in [2.45, 2.75) is 38.6 Å². The van der Waals surface area contributed by atoms with E-state index < -0.39 is 6.04 Å². The lowest BCUT2D eigenvalue weighted by Crippen LogP contribution is -2.49. The van der Waals surface area contributed by atoms with E-state index in [-0.39, 0.29) is 11.8 Å². The van der Waals surface area contributed by atoms with Crippen molar-refractivity contribution < 1.29 is 9.59 Å². The zero-order valence-electron chi connectivity index (χ0n) is 15.0. The number of likely N-dealkylation sites (tertiary alicyclic amines) is 1. The molecule has 1 unspecified atom stereocenters. The van der Waals surface area contributed by atoms with E-state index in [0.717, 1.165) is 31.6 Å². The van der Waals surface area contributed by atoms with Gasteiger partial charge in [-0.3, -0.25) is 9.59 Å². The number of amides is 2. The lowest BCUT2D eigenvalue weighted by molar-refractivity contribution is -0.134. The summed E-state index contributed by atoms with van der Waals surface area (Å²) in [4.78, 5) is 27.0. The van der Waals surface area contributed by atoms with Crippen LogP contribution in [-0.4, -0.2) is 45.6 Å². The Morgan fingerprint density at radius 3 is 2.38 bits per heavy atom. The highest BCUT2D eigenvalue weighted by Crippen LogP contribution is 2.53. The van der Waals surface area contributed by atoms with Gasteiger partial charge < -0.3 is 10.2 Å². The van der Waals surface area contributed by atoms with Gasteiger partial charge in [-0.25, -0.2) is 4.68 Å². The summed E-state index contributed by atoms with van der Waals surface area (Å²) in [7, 11) is 0. The van der Waals surface area contributed by atoms with Gasteiger partial charge in [0.25, 0.3) is 5.91 Å². The van der Waals surface area contributed by atoms with Gasteiger partial charge in [-0.2, -0.15) is 5.10 Å². The fourth-order valence-electron chi connectivity index (χ4n) is 3.68. The van der Waals surface area contributed by atoms with Crippen molar-refractivity contribution in [3.05, 3.63) is 48.3 Å². The molecule has 1 aliphatic heterocycles. The normalized spacial score (nSPS) is 19.2. The van der Waals surface area contributed by atoms with Crippen LogP contribution in [0.15, 0.2) is 42.7 Å². The van der Waals surface area contributed by atoms with Crippen LogP contribution in [0, 0.1) is 5.41 Å². The molecule has 2 amide bonds. The highest BCUT2D eigenvalue weighted by molar-refractivity contribution is 5.97. The molecule has 136 valence electrons. The SMILES string of the molecule is CC(NC(=O)c1ccc(-n2cccn2)cc1)C(=O)N1CCC2(CC1)CC2. The fourth-order valence-corrected chi connectivity index (χ4v) is 3.68. The monoisotopic (exact) mass is 352 g/mol. The summed E-state index contributed by atoms with van der Waals surface area (Å²) < 4.78 is 1.73. The van der Waals surface area contributed by atoms with Crippen LogP contribution in [0.1, 0.15) is 43.0 Å². The van der Waals surface area contributed by atoms with Gasteiger partial charge in [-0.15, -0.1) is 0 Å². The first-order valence-electron chi connectivity index (χ1n) is 9.26. The lowest BCUT2D eigenvalue weighted by Gasteiger charge is -2.33. The van der Waals surface area contributed by atoms with E-state index in [1.807, 2.05) is 29.3 Å². The standard InChI is InChI=1S/C20H24N4O2/c1-15(19(26)23-13-9-20(7-8-20)10-14-23)22-18(25)16-3-5-17(6-4-16)24-12-2-11-21-24/h2-6,11-12,15H,7-10,13-14H2,1H3,(H,22,25). The molecule has 1 atom stereocenters. The molecule has 2 heterocycles. The van der Waals surface area contributed by atoms with Gasteiger partial charge in [0.1, 0.15) is 6.04 Å². The maximum Gasteiger partial charge on any atom is 0.251 e. The minimum atomic E-state index is -0.512. The van der Waals surface area contributed by atoms with Crippen molar-refractivity contribution in [3.63, 3.8) is 0 Å². The molecular formula is C20H24N4O2. The van der Waals surface area contributed by atoms with E-state index in [1.165, 1.54) is 12.8 Å². The molecule has 6 heteroatoms. The molecule has 0 bridgehead atoms. The molecule has 1 aliphatic carbocycles. The minimum absolute atomic E-state index is 0.0158.